The van der Waals surface area contributed by atoms with Crippen LogP contribution in [0.5, 0.6) is 0 Å². The van der Waals surface area contributed by atoms with E-state index >= 15 is 4.39 Å². The Morgan fingerprint density at radius 1 is 1.21 bits per heavy atom. The van der Waals surface area contributed by atoms with Crippen LogP contribution in [0.3, 0.4) is 0 Å². The Morgan fingerprint density at radius 3 is 2.52 bits per heavy atom. The highest BCUT2D eigenvalue weighted by atomic mass is 35.5. The summed E-state index contributed by atoms with van der Waals surface area (Å²) in [5.41, 5.74) is -1.83. The summed E-state index contributed by atoms with van der Waals surface area (Å²) in [6.07, 6.45) is 0.165. The molecule has 11 heteroatoms. The lowest BCUT2D eigenvalue weighted by Crippen LogP contribution is -2.50. The molecule has 1 saturated heterocycles. The number of hydrogen-bond acceptors (Lipinski definition) is 5. The van der Waals surface area contributed by atoms with Crippen LogP contribution in [0.15, 0.2) is 30.3 Å². The Labute approximate surface area is 249 Å². The van der Waals surface area contributed by atoms with E-state index in [1.54, 1.807) is 11.9 Å². The molecule has 7 nitrogen and oxygen atoms in total. The van der Waals surface area contributed by atoms with Crippen molar-refractivity contribution in [2.45, 2.75) is 76.5 Å². The van der Waals surface area contributed by atoms with Gasteiger partial charge >= 0.3 is 0 Å². The van der Waals surface area contributed by atoms with Crippen molar-refractivity contribution in [1.82, 2.24) is 10.2 Å². The molecule has 0 aromatic heterocycles. The quantitative estimate of drug-likeness (QED) is 0.312. The molecule has 1 spiro atoms. The van der Waals surface area contributed by atoms with Gasteiger partial charge in [0.1, 0.15) is 11.2 Å². The van der Waals surface area contributed by atoms with Gasteiger partial charge in [0, 0.05) is 30.3 Å². The number of aliphatic hydroxyl groups is 2. The van der Waals surface area contributed by atoms with Crippen molar-refractivity contribution in [1.29, 1.82) is 0 Å². The first-order valence-corrected chi connectivity index (χ1v) is 14.6. The minimum atomic E-state index is -1.69. The lowest BCUT2D eigenvalue weighted by Gasteiger charge is -2.40. The fourth-order valence-electron chi connectivity index (χ4n) is 7.27. The topological polar surface area (TPSA) is 102 Å². The van der Waals surface area contributed by atoms with Crippen LogP contribution in [0.4, 0.5) is 18.9 Å². The van der Waals surface area contributed by atoms with E-state index in [1.165, 1.54) is 18.2 Å². The van der Waals surface area contributed by atoms with Crippen LogP contribution >= 0.6 is 11.6 Å². The van der Waals surface area contributed by atoms with Gasteiger partial charge in [-0.3, -0.25) is 14.5 Å². The van der Waals surface area contributed by atoms with E-state index in [0.29, 0.717) is 12.3 Å². The molecule has 2 aromatic rings. The molecule has 0 unspecified atom stereocenters. The summed E-state index contributed by atoms with van der Waals surface area (Å²) in [7, 11) is 1.68. The number of rotatable bonds is 10. The van der Waals surface area contributed by atoms with Crippen molar-refractivity contribution in [2.75, 3.05) is 25.5 Å². The number of amides is 2. The molecule has 0 saturated carbocycles. The lowest BCUT2D eigenvalue weighted by molar-refractivity contribution is -0.126. The minimum absolute atomic E-state index is 0.00166. The number of nitrogens with zero attached hydrogens (tertiary/aromatic N) is 1. The standard InChI is InChI=1S/C31H39ClF3N3O4/c1-16(2)13-30(3,4)14-24-31(19-11-21(33)22(34)12-23(19)37-29(31)42)25(18-7-6-8-20(32)26(18)35)27(38(24)5)28(41)36-10-9-17(40)15-39/h6-8,11-12,16-17,24-25,27,39-40H,9-10,13-15H2,1-5H3,(H,36,41)(H,37,42)/t17-,24+,25-,27+,31-/m0/s1. The number of carbonyl (C=O) groups is 2. The monoisotopic (exact) mass is 609 g/mol. The van der Waals surface area contributed by atoms with E-state index in [0.717, 1.165) is 18.6 Å². The molecule has 2 aliphatic rings. The molecule has 4 rings (SSSR count). The maximum atomic E-state index is 15.9. The van der Waals surface area contributed by atoms with Gasteiger partial charge in [-0.15, -0.1) is 0 Å². The van der Waals surface area contributed by atoms with Crippen LogP contribution in [-0.4, -0.2) is 65.3 Å². The van der Waals surface area contributed by atoms with Crippen LogP contribution in [0.2, 0.25) is 5.02 Å². The van der Waals surface area contributed by atoms with Gasteiger partial charge in [-0.2, -0.15) is 0 Å². The highest BCUT2D eigenvalue weighted by molar-refractivity contribution is 6.30. The fraction of sp³-hybridized carbons (Fsp3) is 0.548. The third-order valence-corrected chi connectivity index (χ3v) is 8.96. The highest BCUT2D eigenvalue weighted by Gasteiger charge is 2.68. The van der Waals surface area contributed by atoms with Gasteiger partial charge in [-0.05, 0) is 60.9 Å². The van der Waals surface area contributed by atoms with Crippen LogP contribution in [0.1, 0.15) is 64.0 Å². The number of nitrogens with one attached hydrogen (secondary N) is 2. The number of anilines is 1. The van der Waals surface area contributed by atoms with E-state index < -0.39 is 65.4 Å². The molecule has 230 valence electrons. The minimum Gasteiger partial charge on any atom is -0.394 e. The molecule has 42 heavy (non-hydrogen) atoms. The number of benzene rings is 2. The first kappa shape index (κ1) is 32.3. The summed E-state index contributed by atoms with van der Waals surface area (Å²) in [4.78, 5) is 30.0. The Morgan fingerprint density at radius 2 is 1.88 bits per heavy atom. The van der Waals surface area contributed by atoms with Crippen LogP contribution in [0.25, 0.3) is 0 Å². The van der Waals surface area contributed by atoms with Crippen molar-refractivity contribution in [3.63, 3.8) is 0 Å². The zero-order chi connectivity index (χ0) is 31.1. The second kappa shape index (κ2) is 12.1. The van der Waals surface area contributed by atoms with E-state index in [-0.39, 0.29) is 40.2 Å². The Hall–Kier alpha value is -2.66. The SMILES string of the molecule is CC(C)CC(C)(C)C[C@H]1N(C)[C@@H](C(=O)NCC[C@H](O)CO)[C@H](c2cccc(Cl)c2F)[C@@]12C(=O)Nc1cc(F)c(F)cc12. The first-order valence-electron chi connectivity index (χ1n) is 14.2. The smallest absolute Gasteiger partial charge is 0.238 e. The third-order valence-electron chi connectivity index (χ3n) is 8.67. The summed E-state index contributed by atoms with van der Waals surface area (Å²) in [5, 5.41) is 24.2. The largest absolute Gasteiger partial charge is 0.394 e. The van der Waals surface area contributed by atoms with Crippen molar-refractivity contribution in [3.8, 4) is 0 Å². The van der Waals surface area contributed by atoms with Crippen molar-refractivity contribution in [3.05, 3.63) is 63.9 Å². The van der Waals surface area contributed by atoms with Crippen molar-refractivity contribution >= 4 is 29.1 Å². The zero-order valence-electron chi connectivity index (χ0n) is 24.5. The molecular weight excluding hydrogens is 571 g/mol. The zero-order valence-corrected chi connectivity index (χ0v) is 25.2. The number of hydrogen-bond donors (Lipinski definition) is 4. The first-order chi connectivity index (χ1) is 19.6. The van der Waals surface area contributed by atoms with E-state index in [4.69, 9.17) is 11.6 Å². The van der Waals surface area contributed by atoms with Crippen molar-refractivity contribution < 1.29 is 33.0 Å². The third kappa shape index (κ3) is 5.66. The van der Waals surface area contributed by atoms with Gasteiger partial charge in [0.05, 0.1) is 23.8 Å². The van der Waals surface area contributed by atoms with Crippen molar-refractivity contribution in [2.24, 2.45) is 11.3 Å². The predicted octanol–water partition coefficient (Wildman–Crippen LogP) is 4.74. The number of likely N-dealkylation sites (tertiary alicyclic amines) is 1. The molecular formula is C31H39ClF3N3O4. The predicted molar refractivity (Wildman–Crippen MR) is 155 cm³/mol. The number of carbonyl (C=O) groups excluding carboxylic acids is 2. The highest BCUT2D eigenvalue weighted by Crippen LogP contribution is 2.60. The summed E-state index contributed by atoms with van der Waals surface area (Å²) in [5.74, 6) is -5.13. The molecule has 4 N–H and O–H groups in total. The maximum Gasteiger partial charge on any atom is 0.238 e. The van der Waals surface area contributed by atoms with E-state index in [2.05, 4.69) is 24.5 Å². The van der Waals surface area contributed by atoms with Gasteiger partial charge in [-0.1, -0.05) is 51.4 Å². The normalized spacial score (nSPS) is 24.8. The Bertz CT molecular complexity index is 1360. The van der Waals surface area contributed by atoms with Gasteiger partial charge in [0.25, 0.3) is 0 Å². The molecule has 1 fully saturated rings. The number of fused-ring (bicyclic) bond motifs is 2. The molecule has 2 heterocycles. The Kier molecular flexibility index (Phi) is 9.33. The molecule has 2 aromatic carbocycles. The summed E-state index contributed by atoms with van der Waals surface area (Å²) >= 11 is 6.22. The Balaban J connectivity index is 1.98. The summed E-state index contributed by atoms with van der Waals surface area (Å²) in [6, 6.07) is 4.38. The number of halogens is 4. The second-order valence-corrected chi connectivity index (χ2v) is 13.2. The molecule has 2 aliphatic heterocycles. The molecule has 0 aliphatic carbocycles. The average molecular weight is 610 g/mol. The van der Waals surface area contributed by atoms with Crippen LogP contribution in [0, 0.1) is 28.8 Å². The van der Waals surface area contributed by atoms with Gasteiger partial charge in [0.2, 0.25) is 11.8 Å². The van der Waals surface area contributed by atoms with Crippen LogP contribution in [-0.2, 0) is 15.0 Å². The maximum absolute atomic E-state index is 15.9. The number of likely N-dealkylation sites (N-methyl/N-ethyl adjacent to an activating group) is 1. The van der Waals surface area contributed by atoms with Gasteiger partial charge in [0.15, 0.2) is 11.6 Å². The van der Waals surface area contributed by atoms with Gasteiger partial charge in [-0.25, -0.2) is 13.2 Å². The fourth-order valence-corrected chi connectivity index (χ4v) is 7.46. The summed E-state index contributed by atoms with van der Waals surface area (Å²) in [6.45, 7) is 7.78. The number of aliphatic hydroxyl groups excluding tert-OH is 2. The van der Waals surface area contributed by atoms with Gasteiger partial charge < -0.3 is 20.8 Å². The van der Waals surface area contributed by atoms with E-state index in [9.17, 15) is 28.6 Å². The summed E-state index contributed by atoms with van der Waals surface area (Å²) < 4.78 is 45.3. The molecule has 5 atom stereocenters. The lowest BCUT2D eigenvalue weighted by atomic mass is 9.61. The molecule has 0 radical (unpaired) electrons. The second-order valence-electron chi connectivity index (χ2n) is 12.8. The van der Waals surface area contributed by atoms with E-state index in [1.807, 2.05) is 13.8 Å². The molecule has 2 amide bonds. The molecule has 0 bridgehead atoms. The van der Waals surface area contributed by atoms with Crippen LogP contribution < -0.4 is 10.6 Å². The average Bonchev–Trinajstić information content (AvgIpc) is 3.31.